The van der Waals surface area contributed by atoms with Crippen molar-refractivity contribution in [2.24, 2.45) is 5.41 Å². The highest BCUT2D eigenvalue weighted by atomic mass is 16.3. The average Bonchev–Trinajstić information content (AvgIpc) is 2.36. The van der Waals surface area contributed by atoms with E-state index < -0.39 is 0 Å². The van der Waals surface area contributed by atoms with Crippen molar-refractivity contribution in [1.29, 1.82) is 0 Å². The van der Waals surface area contributed by atoms with Crippen molar-refractivity contribution in [3.8, 4) is 0 Å². The molecule has 1 amide bonds. The normalized spacial score (nSPS) is 23.4. The zero-order valence-electron chi connectivity index (χ0n) is 12.6. The Bertz CT molecular complexity index is 289. The number of amides is 1. The molecule has 0 aromatic heterocycles. The van der Waals surface area contributed by atoms with Crippen LogP contribution in [0.15, 0.2) is 0 Å². The van der Waals surface area contributed by atoms with Gasteiger partial charge >= 0.3 is 0 Å². The van der Waals surface area contributed by atoms with Crippen LogP contribution < -0.4 is 10.6 Å². The number of carbonyl (C=O) groups excluding carboxylic acids is 1. The van der Waals surface area contributed by atoms with E-state index in [1.54, 1.807) is 0 Å². The van der Waals surface area contributed by atoms with Gasteiger partial charge in [0.15, 0.2) is 0 Å². The molecular weight excluding hydrogens is 252 g/mol. The van der Waals surface area contributed by atoms with Crippen molar-refractivity contribution >= 4 is 5.91 Å². The van der Waals surface area contributed by atoms with E-state index in [0.717, 1.165) is 32.2 Å². The smallest absolute Gasteiger partial charge is 0.234 e. The van der Waals surface area contributed by atoms with E-state index >= 15 is 0 Å². The molecule has 0 aromatic rings. The standard InChI is InChI=1S/C16H30N2O2/c19-13-16(9-6-10-16)12-17-11-15(20)18-14-7-4-2-1-3-5-8-14/h14,17,19H,1-13H2,(H,18,20). The first kappa shape index (κ1) is 15.8. The molecule has 0 radical (unpaired) electrons. The second-order valence-electron chi connectivity index (χ2n) is 6.72. The van der Waals surface area contributed by atoms with Gasteiger partial charge in [0.2, 0.25) is 5.91 Å². The first-order valence-electron chi connectivity index (χ1n) is 8.35. The van der Waals surface area contributed by atoms with Crippen LogP contribution in [0, 0.1) is 5.41 Å². The first-order valence-corrected chi connectivity index (χ1v) is 8.35. The van der Waals surface area contributed by atoms with Gasteiger partial charge in [-0.2, -0.15) is 0 Å². The van der Waals surface area contributed by atoms with Crippen LogP contribution in [0.2, 0.25) is 0 Å². The fraction of sp³-hybridized carbons (Fsp3) is 0.938. The Kier molecular flexibility index (Phi) is 6.30. The van der Waals surface area contributed by atoms with E-state index in [4.69, 9.17) is 0 Å². The minimum Gasteiger partial charge on any atom is -0.396 e. The van der Waals surface area contributed by atoms with Crippen LogP contribution in [-0.4, -0.2) is 36.8 Å². The van der Waals surface area contributed by atoms with Crippen LogP contribution >= 0.6 is 0 Å². The van der Waals surface area contributed by atoms with Gasteiger partial charge in [-0.25, -0.2) is 0 Å². The van der Waals surface area contributed by atoms with E-state index in [9.17, 15) is 9.90 Å². The number of hydrogen-bond donors (Lipinski definition) is 3. The third kappa shape index (κ3) is 4.74. The Balaban J connectivity index is 1.61. The minimum atomic E-state index is 0.0561. The molecular formula is C16H30N2O2. The highest BCUT2D eigenvalue weighted by Gasteiger charge is 2.35. The fourth-order valence-corrected chi connectivity index (χ4v) is 3.39. The number of carbonyl (C=O) groups is 1. The monoisotopic (exact) mass is 282 g/mol. The fourth-order valence-electron chi connectivity index (χ4n) is 3.39. The summed E-state index contributed by atoms with van der Waals surface area (Å²) in [6, 6.07) is 0.375. The lowest BCUT2D eigenvalue weighted by Crippen LogP contribution is -2.47. The van der Waals surface area contributed by atoms with Gasteiger partial charge in [0.05, 0.1) is 6.54 Å². The number of aliphatic hydroxyl groups excluding tert-OH is 1. The van der Waals surface area contributed by atoms with Crippen molar-refractivity contribution in [3.63, 3.8) is 0 Å². The topological polar surface area (TPSA) is 61.4 Å². The zero-order valence-corrected chi connectivity index (χ0v) is 12.6. The molecule has 0 unspecified atom stereocenters. The third-order valence-corrected chi connectivity index (χ3v) is 5.01. The average molecular weight is 282 g/mol. The Morgan fingerprint density at radius 3 is 2.25 bits per heavy atom. The van der Waals surface area contributed by atoms with Gasteiger partial charge in [-0.1, -0.05) is 38.5 Å². The molecule has 2 fully saturated rings. The van der Waals surface area contributed by atoms with E-state index in [-0.39, 0.29) is 17.9 Å². The van der Waals surface area contributed by atoms with E-state index in [2.05, 4.69) is 10.6 Å². The van der Waals surface area contributed by atoms with Crippen LogP contribution in [-0.2, 0) is 4.79 Å². The van der Waals surface area contributed by atoms with Gasteiger partial charge in [0.25, 0.3) is 0 Å². The van der Waals surface area contributed by atoms with E-state index in [1.807, 2.05) is 0 Å². The summed E-state index contributed by atoms with van der Waals surface area (Å²) in [5.74, 6) is 0.114. The molecule has 0 aliphatic heterocycles. The molecule has 0 bridgehead atoms. The summed E-state index contributed by atoms with van der Waals surface area (Å²) < 4.78 is 0. The molecule has 20 heavy (non-hydrogen) atoms. The summed E-state index contributed by atoms with van der Waals surface area (Å²) in [4.78, 5) is 12.0. The van der Waals surface area contributed by atoms with Crippen molar-refractivity contribution in [1.82, 2.24) is 10.6 Å². The highest BCUT2D eigenvalue weighted by Crippen LogP contribution is 2.39. The molecule has 3 N–H and O–H groups in total. The van der Waals surface area contributed by atoms with E-state index in [1.165, 1.54) is 38.5 Å². The summed E-state index contributed by atoms with van der Waals surface area (Å²) in [5, 5.41) is 15.8. The van der Waals surface area contributed by atoms with Gasteiger partial charge in [-0.3, -0.25) is 4.79 Å². The van der Waals surface area contributed by atoms with Gasteiger partial charge in [0.1, 0.15) is 0 Å². The predicted molar refractivity (Wildman–Crippen MR) is 80.5 cm³/mol. The summed E-state index contributed by atoms with van der Waals surface area (Å²) >= 11 is 0. The Labute approximate surface area is 122 Å². The predicted octanol–water partition coefficient (Wildman–Crippen LogP) is 1.97. The van der Waals surface area contributed by atoms with Crippen LogP contribution in [0.4, 0.5) is 0 Å². The SMILES string of the molecule is O=C(CNCC1(CO)CCC1)NC1CCCCCCC1. The third-order valence-electron chi connectivity index (χ3n) is 5.01. The lowest BCUT2D eigenvalue weighted by molar-refractivity contribution is -0.121. The van der Waals surface area contributed by atoms with Crippen LogP contribution in [0.25, 0.3) is 0 Å². The molecule has 0 spiro atoms. The maximum atomic E-state index is 12.0. The molecule has 4 heteroatoms. The quantitative estimate of drug-likeness (QED) is 0.698. The highest BCUT2D eigenvalue weighted by molar-refractivity contribution is 5.78. The number of hydrogen-bond acceptors (Lipinski definition) is 3. The number of aliphatic hydroxyl groups is 1. The molecule has 2 aliphatic carbocycles. The molecule has 2 aliphatic rings. The molecule has 0 heterocycles. The zero-order chi connectivity index (χ0) is 14.3. The summed E-state index contributed by atoms with van der Waals surface area (Å²) in [6.07, 6.45) is 12.1. The Morgan fingerprint density at radius 1 is 1.05 bits per heavy atom. The molecule has 0 aromatic carbocycles. The lowest BCUT2D eigenvalue weighted by atomic mass is 9.69. The van der Waals surface area contributed by atoms with Crippen LogP contribution in [0.5, 0.6) is 0 Å². The molecule has 116 valence electrons. The molecule has 0 saturated heterocycles. The second kappa shape index (κ2) is 7.99. The molecule has 4 nitrogen and oxygen atoms in total. The number of rotatable bonds is 6. The Morgan fingerprint density at radius 2 is 1.70 bits per heavy atom. The van der Waals surface area contributed by atoms with Crippen molar-refractivity contribution < 1.29 is 9.90 Å². The second-order valence-corrected chi connectivity index (χ2v) is 6.72. The van der Waals surface area contributed by atoms with Crippen molar-refractivity contribution in [2.45, 2.75) is 70.3 Å². The maximum Gasteiger partial charge on any atom is 0.234 e. The Hall–Kier alpha value is -0.610. The molecule has 2 rings (SSSR count). The van der Waals surface area contributed by atoms with Gasteiger partial charge in [-0.05, 0) is 25.7 Å². The van der Waals surface area contributed by atoms with Crippen LogP contribution in [0.1, 0.15) is 64.2 Å². The van der Waals surface area contributed by atoms with Crippen molar-refractivity contribution in [3.05, 3.63) is 0 Å². The largest absolute Gasteiger partial charge is 0.396 e. The molecule has 0 atom stereocenters. The number of nitrogens with one attached hydrogen (secondary N) is 2. The van der Waals surface area contributed by atoms with Crippen molar-refractivity contribution in [2.75, 3.05) is 19.7 Å². The van der Waals surface area contributed by atoms with E-state index in [0.29, 0.717) is 12.6 Å². The van der Waals surface area contributed by atoms with Gasteiger partial charge in [0, 0.05) is 24.6 Å². The maximum absolute atomic E-state index is 12.0. The lowest BCUT2D eigenvalue weighted by Gasteiger charge is -2.40. The summed E-state index contributed by atoms with van der Waals surface area (Å²) in [7, 11) is 0. The first-order chi connectivity index (χ1) is 9.74. The minimum absolute atomic E-state index is 0.0561. The summed E-state index contributed by atoms with van der Waals surface area (Å²) in [5.41, 5.74) is 0.0561. The van der Waals surface area contributed by atoms with Crippen LogP contribution in [0.3, 0.4) is 0 Å². The molecule has 2 saturated carbocycles. The summed E-state index contributed by atoms with van der Waals surface area (Å²) in [6.45, 7) is 1.39. The van der Waals surface area contributed by atoms with Gasteiger partial charge < -0.3 is 15.7 Å². The van der Waals surface area contributed by atoms with Gasteiger partial charge in [-0.15, -0.1) is 0 Å².